The summed E-state index contributed by atoms with van der Waals surface area (Å²) in [6.45, 7) is 1.47. The van der Waals surface area contributed by atoms with E-state index in [1.165, 1.54) is 12.1 Å². The minimum absolute atomic E-state index is 0. The molecule has 8 heteroatoms. The topological polar surface area (TPSA) is 92.5 Å². The number of nitro groups is 1. The molecule has 0 saturated heterocycles. The van der Waals surface area contributed by atoms with Crippen molar-refractivity contribution >= 4 is 58.5 Å². The van der Waals surface area contributed by atoms with Crippen LogP contribution in [0.15, 0.2) is 12.1 Å². The molecule has 1 aromatic carbocycles. The summed E-state index contributed by atoms with van der Waals surface area (Å²) in [5.74, 6) is -1.09. The van der Waals surface area contributed by atoms with Crippen molar-refractivity contribution in [2.75, 3.05) is 11.9 Å². The third-order valence-corrected chi connectivity index (χ3v) is 2.52. The third kappa shape index (κ3) is 4.45. The number of nitrogens with one attached hydrogen (secondary N) is 1. The molecule has 0 atom stereocenters. The van der Waals surface area contributed by atoms with E-state index in [4.69, 9.17) is 16.7 Å². The summed E-state index contributed by atoms with van der Waals surface area (Å²) in [5, 5.41) is 22.1. The van der Waals surface area contributed by atoms with Gasteiger partial charge < -0.3 is 10.4 Å². The third-order valence-electron chi connectivity index (χ3n) is 2.17. The van der Waals surface area contributed by atoms with Gasteiger partial charge in [0.05, 0.1) is 9.95 Å². The summed E-state index contributed by atoms with van der Waals surface area (Å²) < 4.78 is 0. The Kier molecular flexibility index (Phi) is 7.23. The van der Waals surface area contributed by atoms with Gasteiger partial charge in [0.1, 0.15) is 12.2 Å². The quantitative estimate of drug-likeness (QED) is 0.487. The molecule has 1 rings (SSSR count). The number of carbonyl (C=O) groups is 1. The van der Waals surface area contributed by atoms with Crippen molar-refractivity contribution in [1.82, 2.24) is 0 Å². The van der Waals surface area contributed by atoms with Crippen LogP contribution in [0.5, 0.6) is 0 Å². The standard InChI is InChI=1S/C10H11ClN2O4.Na.H/c1-2-6-3-8(12-5-10(14)15)9(13(16)17)4-7(6)11;;/h3-4,12H,2,5H2,1H3,(H,14,15);;. The van der Waals surface area contributed by atoms with E-state index < -0.39 is 10.9 Å². The molecule has 1 aromatic rings. The first kappa shape index (κ1) is 17.2. The van der Waals surface area contributed by atoms with E-state index in [2.05, 4.69) is 5.32 Å². The fourth-order valence-corrected chi connectivity index (χ4v) is 1.63. The van der Waals surface area contributed by atoms with Gasteiger partial charge in [0.25, 0.3) is 5.69 Å². The molecule has 0 aliphatic heterocycles. The van der Waals surface area contributed by atoms with Crippen molar-refractivity contribution < 1.29 is 14.8 Å². The number of rotatable bonds is 5. The Morgan fingerprint density at radius 1 is 1.56 bits per heavy atom. The maximum atomic E-state index is 10.8. The number of nitrogens with zero attached hydrogens (tertiary/aromatic N) is 1. The van der Waals surface area contributed by atoms with Crippen molar-refractivity contribution in [3.63, 3.8) is 0 Å². The number of hydrogen-bond donors (Lipinski definition) is 2. The predicted molar refractivity (Wildman–Crippen MR) is 70.8 cm³/mol. The number of hydrogen-bond acceptors (Lipinski definition) is 4. The number of carboxylic acids is 1. The SMILES string of the molecule is CCc1cc(NCC(=O)O)c([N+](=O)[O-])cc1Cl.[NaH]. The van der Waals surface area contributed by atoms with Crippen LogP contribution >= 0.6 is 11.6 Å². The van der Waals surface area contributed by atoms with Crippen molar-refractivity contribution in [1.29, 1.82) is 0 Å². The van der Waals surface area contributed by atoms with E-state index >= 15 is 0 Å². The first-order valence-electron chi connectivity index (χ1n) is 4.88. The zero-order chi connectivity index (χ0) is 13.0. The molecular weight excluding hydrogens is 271 g/mol. The van der Waals surface area contributed by atoms with E-state index in [1.54, 1.807) is 0 Å². The number of carboxylic acid groups (broad SMARTS) is 1. The van der Waals surface area contributed by atoms with Crippen molar-refractivity contribution in [2.45, 2.75) is 13.3 Å². The average molecular weight is 283 g/mol. The van der Waals surface area contributed by atoms with E-state index in [0.29, 0.717) is 11.4 Å². The molecule has 0 unspecified atom stereocenters. The first-order valence-corrected chi connectivity index (χ1v) is 5.26. The van der Waals surface area contributed by atoms with Gasteiger partial charge in [-0.2, -0.15) is 0 Å². The Hall–Kier alpha value is -0.820. The van der Waals surface area contributed by atoms with Crippen molar-refractivity contribution in [3.8, 4) is 0 Å². The molecule has 18 heavy (non-hydrogen) atoms. The van der Waals surface area contributed by atoms with Crippen LogP contribution in [0.4, 0.5) is 11.4 Å². The van der Waals surface area contributed by atoms with Gasteiger partial charge in [0.15, 0.2) is 0 Å². The van der Waals surface area contributed by atoms with Crippen molar-refractivity contribution in [3.05, 3.63) is 32.8 Å². The molecule has 6 nitrogen and oxygen atoms in total. The van der Waals surface area contributed by atoms with Crippen LogP contribution in [0.25, 0.3) is 0 Å². The van der Waals surface area contributed by atoms with Gasteiger partial charge in [-0.3, -0.25) is 14.9 Å². The van der Waals surface area contributed by atoms with Crippen LogP contribution in [0.1, 0.15) is 12.5 Å². The zero-order valence-electron chi connectivity index (χ0n) is 9.07. The van der Waals surface area contributed by atoms with Gasteiger partial charge >= 0.3 is 35.5 Å². The maximum absolute atomic E-state index is 10.8. The van der Waals surface area contributed by atoms with Crippen molar-refractivity contribution in [2.24, 2.45) is 0 Å². The average Bonchev–Trinajstić information content (AvgIpc) is 2.26. The summed E-state index contributed by atoms with van der Waals surface area (Å²) in [7, 11) is 0. The second-order valence-electron chi connectivity index (χ2n) is 3.32. The monoisotopic (exact) mass is 282 g/mol. The van der Waals surface area contributed by atoms with E-state index in [9.17, 15) is 14.9 Å². The van der Waals surface area contributed by atoms with Gasteiger partial charge in [-0.15, -0.1) is 0 Å². The van der Waals surface area contributed by atoms with Crippen LogP contribution in [-0.2, 0) is 11.2 Å². The van der Waals surface area contributed by atoms with Gasteiger partial charge in [-0.05, 0) is 18.1 Å². The summed E-state index contributed by atoms with van der Waals surface area (Å²) in [4.78, 5) is 20.6. The normalized spacial score (nSPS) is 9.44. The fourth-order valence-electron chi connectivity index (χ4n) is 1.34. The predicted octanol–water partition coefficient (Wildman–Crippen LogP) is 1.66. The molecule has 0 bridgehead atoms. The van der Waals surface area contributed by atoms with Crippen LogP contribution in [0.3, 0.4) is 0 Å². The second kappa shape index (κ2) is 7.58. The molecule has 2 N–H and O–H groups in total. The van der Waals surface area contributed by atoms with Gasteiger partial charge in [-0.25, -0.2) is 0 Å². The Bertz CT molecular complexity index is 467. The van der Waals surface area contributed by atoms with E-state index in [-0.39, 0.29) is 47.5 Å². The molecule has 0 saturated carbocycles. The van der Waals surface area contributed by atoms with Crippen LogP contribution in [-0.4, -0.2) is 52.1 Å². The number of aliphatic carboxylic acids is 1. The first-order chi connectivity index (χ1) is 7.95. The number of aryl methyl sites for hydroxylation is 1. The van der Waals surface area contributed by atoms with Crippen LogP contribution < -0.4 is 5.32 Å². The summed E-state index contributed by atoms with van der Waals surface area (Å²) in [5.41, 5.74) is 0.664. The molecule has 0 radical (unpaired) electrons. The minimum atomic E-state index is -1.09. The van der Waals surface area contributed by atoms with Gasteiger partial charge in [0.2, 0.25) is 0 Å². The molecule has 0 spiro atoms. The fraction of sp³-hybridized carbons (Fsp3) is 0.300. The number of nitro benzene ring substituents is 1. The van der Waals surface area contributed by atoms with E-state index in [1.807, 2.05) is 6.92 Å². The molecule has 0 fully saturated rings. The number of halogens is 1. The molecule has 0 aromatic heterocycles. The van der Waals surface area contributed by atoms with Gasteiger partial charge in [0, 0.05) is 6.07 Å². The van der Waals surface area contributed by atoms with Gasteiger partial charge in [-0.1, -0.05) is 18.5 Å². The number of benzene rings is 1. The number of anilines is 1. The molecule has 0 amide bonds. The zero-order valence-corrected chi connectivity index (χ0v) is 9.82. The molecular formula is C10H12ClN2NaO4. The Labute approximate surface area is 131 Å². The second-order valence-corrected chi connectivity index (χ2v) is 3.73. The Morgan fingerprint density at radius 2 is 2.17 bits per heavy atom. The van der Waals surface area contributed by atoms with E-state index in [0.717, 1.165) is 5.56 Å². The van der Waals surface area contributed by atoms with Crippen LogP contribution in [0, 0.1) is 10.1 Å². The van der Waals surface area contributed by atoms with Crippen LogP contribution in [0.2, 0.25) is 5.02 Å². The summed E-state index contributed by atoms with van der Waals surface area (Å²) >= 11 is 5.86. The molecule has 0 aliphatic carbocycles. The Morgan fingerprint density at radius 3 is 2.61 bits per heavy atom. The Balaban J connectivity index is 0.00000289. The summed E-state index contributed by atoms with van der Waals surface area (Å²) in [6.07, 6.45) is 0.610. The summed E-state index contributed by atoms with van der Waals surface area (Å²) in [6, 6.07) is 2.73. The molecule has 0 aliphatic rings. The molecule has 94 valence electrons. The molecule has 0 heterocycles.